The zero-order valence-electron chi connectivity index (χ0n) is 20.2. The molecular weight excluding hydrogens is 458 g/mol. The second kappa shape index (κ2) is 9.00. The second-order valence-electron chi connectivity index (χ2n) is 8.90. The Kier molecular flexibility index (Phi) is 5.39. The maximum Gasteiger partial charge on any atom is 0.258 e. The van der Waals surface area contributed by atoms with E-state index in [0.717, 1.165) is 39.1 Å². The molecule has 0 unspecified atom stereocenters. The highest BCUT2D eigenvalue weighted by Gasteiger charge is 2.30. The molecule has 5 heterocycles. The first-order chi connectivity index (χ1) is 17.5. The molecule has 0 saturated carbocycles. The summed E-state index contributed by atoms with van der Waals surface area (Å²) in [6.45, 7) is 3.06. The van der Waals surface area contributed by atoms with Crippen molar-refractivity contribution in [2.45, 2.75) is 37.9 Å². The topological polar surface area (TPSA) is 94.6 Å². The van der Waals surface area contributed by atoms with Gasteiger partial charge in [-0.15, -0.1) is 10.2 Å². The number of likely N-dealkylation sites (tertiary alicyclic amines) is 1. The van der Waals surface area contributed by atoms with Crippen molar-refractivity contribution in [3.05, 3.63) is 30.4 Å². The Balaban J connectivity index is 1.30. The highest BCUT2D eigenvalue weighted by atomic mass is 19.3. The molecule has 10 nitrogen and oxygen atoms in total. The summed E-state index contributed by atoms with van der Waals surface area (Å²) >= 11 is 0. The number of benzene rings is 1. The minimum Gasteiger partial charge on any atom is -0.479 e. The van der Waals surface area contributed by atoms with E-state index < -0.39 is 13.0 Å². The molecule has 0 atom stereocenters. The number of alkyl halides is 2. The van der Waals surface area contributed by atoms with Gasteiger partial charge >= 0.3 is 0 Å². The van der Waals surface area contributed by atoms with Gasteiger partial charge in [0.25, 0.3) is 6.43 Å². The van der Waals surface area contributed by atoms with Gasteiger partial charge in [-0.25, -0.2) is 18.0 Å². The van der Waals surface area contributed by atoms with Crippen molar-refractivity contribution in [2.24, 2.45) is 0 Å². The molecule has 0 radical (unpaired) electrons. The van der Waals surface area contributed by atoms with Crippen LogP contribution >= 0.6 is 0 Å². The average molecular weight is 486 g/mol. The lowest BCUT2D eigenvalue weighted by Crippen LogP contribution is -2.53. The smallest absolute Gasteiger partial charge is 0.258 e. The third-order valence-corrected chi connectivity index (χ3v) is 6.73. The number of hydrogen-bond donors (Lipinski definition) is 1. The number of aromatic nitrogens is 6. The minimum absolute atomic E-state index is 0.155. The lowest BCUT2D eigenvalue weighted by atomic mass is 10.0. The van der Waals surface area contributed by atoms with Crippen molar-refractivity contribution in [3.63, 3.8) is 0 Å². The van der Waals surface area contributed by atoms with Crippen LogP contribution in [0.1, 0.15) is 14.2 Å². The summed E-state index contributed by atoms with van der Waals surface area (Å²) in [4.78, 5) is 7.06. The van der Waals surface area contributed by atoms with Gasteiger partial charge in [0.15, 0.2) is 0 Å². The Hall–Kier alpha value is -3.38. The minimum atomic E-state index is -2.55. The van der Waals surface area contributed by atoms with Crippen molar-refractivity contribution in [1.29, 1.82) is 0 Å². The number of nitrogens with zero attached hydrogens (tertiary/aromatic N) is 7. The van der Waals surface area contributed by atoms with Gasteiger partial charge < -0.3 is 14.8 Å². The van der Waals surface area contributed by atoms with Crippen LogP contribution in [-0.4, -0.2) is 86.4 Å². The third-order valence-electron chi connectivity index (χ3n) is 6.73. The Bertz CT molecular complexity index is 1400. The number of nitrogens with one attached hydrogen (secondary N) is 1. The van der Waals surface area contributed by atoms with Crippen LogP contribution in [-0.2, 0) is 11.3 Å². The van der Waals surface area contributed by atoms with Gasteiger partial charge in [-0.05, 0) is 36.6 Å². The van der Waals surface area contributed by atoms with Crippen LogP contribution in [0, 0.1) is 0 Å². The molecule has 12 heteroatoms. The first-order valence-electron chi connectivity index (χ1n) is 12.1. The first kappa shape index (κ1) is 20.9. The molecule has 1 N–H and O–H groups in total. The zero-order chi connectivity index (χ0) is 24.8. The van der Waals surface area contributed by atoms with Crippen molar-refractivity contribution < 1.29 is 19.6 Å². The molecule has 6 rings (SSSR count). The zero-order valence-corrected chi connectivity index (χ0v) is 19.2. The fourth-order valence-electron chi connectivity index (χ4n) is 4.77. The molecule has 0 bridgehead atoms. The van der Waals surface area contributed by atoms with Crippen LogP contribution in [0.5, 0.6) is 5.88 Å². The van der Waals surface area contributed by atoms with Crippen molar-refractivity contribution in [1.82, 2.24) is 34.5 Å². The fourth-order valence-corrected chi connectivity index (χ4v) is 4.77. The standard InChI is InChI=1S/C23H26F2N8O2/c1-34-22-21-17(14-2-3-18-19(10-14)33(30-28-18)11-20(24)25)6-9-32(21)29-23(27-22)26-15-4-7-31(8-5-15)16-12-35-13-16/h2-3,6,9-10,15-16,20H,4-5,7-8,11-13H2,1H3,(H,26,29)/i9D. The summed E-state index contributed by atoms with van der Waals surface area (Å²) < 4.78 is 48.1. The van der Waals surface area contributed by atoms with Gasteiger partial charge in [0.2, 0.25) is 11.8 Å². The number of piperidine rings is 1. The molecule has 1 aromatic carbocycles. The molecule has 2 saturated heterocycles. The number of rotatable bonds is 7. The highest BCUT2D eigenvalue weighted by Crippen LogP contribution is 2.33. The van der Waals surface area contributed by atoms with E-state index in [2.05, 4.69) is 30.6 Å². The first-order valence-corrected chi connectivity index (χ1v) is 11.6. The van der Waals surface area contributed by atoms with Crippen LogP contribution in [0.2, 0.25) is 0 Å². The summed E-state index contributed by atoms with van der Waals surface area (Å²) in [5.74, 6) is 0.722. The lowest BCUT2D eigenvalue weighted by molar-refractivity contribution is -0.0705. The largest absolute Gasteiger partial charge is 0.479 e. The Labute approximate surface area is 201 Å². The maximum absolute atomic E-state index is 13.0. The molecule has 184 valence electrons. The Morgan fingerprint density at radius 1 is 1.26 bits per heavy atom. The molecule has 2 aliphatic heterocycles. The molecule has 0 aliphatic carbocycles. The van der Waals surface area contributed by atoms with Crippen LogP contribution in [0.4, 0.5) is 14.7 Å². The second-order valence-corrected chi connectivity index (χ2v) is 8.90. The van der Waals surface area contributed by atoms with Crippen molar-refractivity contribution in [2.75, 3.05) is 38.7 Å². The predicted octanol–water partition coefficient (Wildman–Crippen LogP) is 2.69. The van der Waals surface area contributed by atoms with E-state index in [1.54, 1.807) is 18.2 Å². The monoisotopic (exact) mass is 485 g/mol. The van der Waals surface area contributed by atoms with Gasteiger partial charge in [0.1, 0.15) is 17.6 Å². The Morgan fingerprint density at radius 3 is 2.80 bits per heavy atom. The van der Waals surface area contributed by atoms with E-state index in [0.29, 0.717) is 45.5 Å². The van der Waals surface area contributed by atoms with Gasteiger partial charge in [0.05, 0.1) is 33.3 Å². The molecule has 0 amide bonds. The van der Waals surface area contributed by atoms with E-state index in [9.17, 15) is 8.78 Å². The predicted molar refractivity (Wildman–Crippen MR) is 125 cm³/mol. The van der Waals surface area contributed by atoms with Crippen LogP contribution in [0.25, 0.3) is 27.7 Å². The Morgan fingerprint density at radius 2 is 2.09 bits per heavy atom. The summed E-state index contributed by atoms with van der Waals surface area (Å²) in [7, 11) is 1.52. The number of ether oxygens (including phenoxy) is 2. The number of methoxy groups -OCH3 is 1. The molecule has 35 heavy (non-hydrogen) atoms. The summed E-state index contributed by atoms with van der Waals surface area (Å²) in [5.41, 5.74) is 2.88. The van der Waals surface area contributed by atoms with Crippen LogP contribution in [0.3, 0.4) is 0 Å². The molecule has 4 aromatic rings. The normalized spacial score (nSPS) is 18.3. The van der Waals surface area contributed by atoms with Crippen molar-refractivity contribution >= 4 is 22.5 Å². The fraction of sp³-hybridized carbons (Fsp3) is 0.478. The summed E-state index contributed by atoms with van der Waals surface area (Å²) in [5, 5.41) is 15.8. The number of hydrogen-bond acceptors (Lipinski definition) is 8. The lowest BCUT2D eigenvalue weighted by Gasteiger charge is -2.41. The number of fused-ring (bicyclic) bond motifs is 2. The van der Waals surface area contributed by atoms with Gasteiger partial charge in [-0.1, -0.05) is 11.3 Å². The van der Waals surface area contributed by atoms with Crippen LogP contribution < -0.4 is 10.1 Å². The maximum atomic E-state index is 13.0. The average Bonchev–Trinajstić information content (AvgIpc) is 3.39. The molecule has 2 aliphatic rings. The van der Waals surface area contributed by atoms with Crippen molar-refractivity contribution in [3.8, 4) is 17.0 Å². The molecular formula is C23H26F2N8O2. The molecule has 0 spiro atoms. The summed E-state index contributed by atoms with van der Waals surface area (Å²) in [6.07, 6.45) is -0.466. The van der Waals surface area contributed by atoms with Gasteiger partial charge in [-0.3, -0.25) is 4.90 Å². The number of halogens is 2. The van der Waals surface area contributed by atoms with E-state index in [1.165, 1.54) is 16.3 Å². The highest BCUT2D eigenvalue weighted by molar-refractivity contribution is 5.89. The summed E-state index contributed by atoms with van der Waals surface area (Å²) in [6, 6.07) is 7.69. The van der Waals surface area contributed by atoms with Gasteiger partial charge in [0, 0.05) is 30.9 Å². The quantitative estimate of drug-likeness (QED) is 0.427. The van der Waals surface area contributed by atoms with Gasteiger partial charge in [-0.2, -0.15) is 4.98 Å². The SMILES string of the molecule is [2H]c1cc(-c2ccc3nnn(CC(F)F)c3c2)c2c(OC)nc(NC3CCN(C4COC4)CC3)nn12. The van der Waals surface area contributed by atoms with E-state index >= 15 is 0 Å². The van der Waals surface area contributed by atoms with E-state index in [4.69, 9.17) is 10.8 Å². The number of anilines is 1. The molecule has 2 fully saturated rings. The van der Waals surface area contributed by atoms with E-state index in [-0.39, 0.29) is 12.2 Å². The molecule has 3 aromatic heterocycles. The van der Waals surface area contributed by atoms with Crippen LogP contribution in [0.15, 0.2) is 30.4 Å². The van der Waals surface area contributed by atoms with E-state index in [1.807, 2.05) is 6.07 Å². The third kappa shape index (κ3) is 4.16.